The van der Waals surface area contributed by atoms with Crippen LogP contribution < -0.4 is 4.74 Å². The number of methoxy groups -OCH3 is 1. The molecule has 0 saturated carbocycles. The number of aromatic nitrogens is 1. The van der Waals surface area contributed by atoms with E-state index >= 15 is 0 Å². The van der Waals surface area contributed by atoms with Gasteiger partial charge in [0.15, 0.2) is 0 Å². The number of nitriles is 1. The van der Waals surface area contributed by atoms with Crippen LogP contribution in [-0.4, -0.2) is 12.1 Å². The average molecular weight is 219 g/mol. The van der Waals surface area contributed by atoms with Crippen molar-refractivity contribution in [2.75, 3.05) is 7.11 Å². The quantitative estimate of drug-likeness (QED) is 0.740. The normalized spacial score (nSPS) is 9.93. The van der Waals surface area contributed by atoms with Crippen molar-refractivity contribution >= 4 is 22.5 Å². The largest absolute Gasteiger partial charge is 0.481 e. The van der Waals surface area contributed by atoms with Gasteiger partial charge >= 0.3 is 0 Å². The van der Waals surface area contributed by atoms with E-state index in [2.05, 4.69) is 11.1 Å². The van der Waals surface area contributed by atoms with Gasteiger partial charge in [-0.2, -0.15) is 5.26 Å². The standard InChI is InChI=1S/C11H7ClN2O/c1-15-11-4-7(6-13)9-5-8(12)2-3-10(9)14-11/h2-5H,1H3. The molecule has 0 N–H and O–H groups in total. The molecule has 0 saturated heterocycles. The summed E-state index contributed by atoms with van der Waals surface area (Å²) >= 11 is 5.85. The summed E-state index contributed by atoms with van der Waals surface area (Å²) in [4.78, 5) is 4.21. The van der Waals surface area contributed by atoms with Crippen LogP contribution in [0.5, 0.6) is 5.88 Å². The molecule has 0 aliphatic heterocycles. The van der Waals surface area contributed by atoms with Crippen LogP contribution in [-0.2, 0) is 0 Å². The molecule has 0 amide bonds. The molecule has 0 aliphatic carbocycles. The molecule has 3 nitrogen and oxygen atoms in total. The molecule has 0 unspecified atom stereocenters. The van der Waals surface area contributed by atoms with Gasteiger partial charge in [0.1, 0.15) is 6.07 Å². The van der Waals surface area contributed by atoms with E-state index in [4.69, 9.17) is 21.6 Å². The molecule has 1 aromatic heterocycles. The number of halogens is 1. The van der Waals surface area contributed by atoms with Gasteiger partial charge < -0.3 is 4.74 Å². The minimum absolute atomic E-state index is 0.432. The highest BCUT2D eigenvalue weighted by molar-refractivity contribution is 6.31. The summed E-state index contributed by atoms with van der Waals surface area (Å²) < 4.78 is 5.00. The topological polar surface area (TPSA) is 45.9 Å². The summed E-state index contributed by atoms with van der Waals surface area (Å²) in [6.45, 7) is 0. The molecular weight excluding hydrogens is 212 g/mol. The Hall–Kier alpha value is -1.79. The molecule has 0 spiro atoms. The maximum absolute atomic E-state index is 8.97. The number of pyridine rings is 1. The second kappa shape index (κ2) is 3.76. The minimum atomic E-state index is 0.432. The molecule has 1 aromatic carbocycles. The van der Waals surface area contributed by atoms with E-state index in [9.17, 15) is 0 Å². The first kappa shape index (κ1) is 9.75. The van der Waals surface area contributed by atoms with Crippen molar-refractivity contribution in [1.82, 2.24) is 4.98 Å². The van der Waals surface area contributed by atoms with Gasteiger partial charge in [-0.15, -0.1) is 0 Å². The maximum Gasteiger partial charge on any atom is 0.214 e. The second-order valence-corrected chi connectivity index (χ2v) is 3.42. The van der Waals surface area contributed by atoms with E-state index in [1.165, 1.54) is 7.11 Å². The predicted octanol–water partition coefficient (Wildman–Crippen LogP) is 2.77. The van der Waals surface area contributed by atoms with Crippen LogP contribution in [0.2, 0.25) is 5.02 Å². The highest BCUT2D eigenvalue weighted by Crippen LogP contribution is 2.24. The fraction of sp³-hybridized carbons (Fsp3) is 0.0909. The van der Waals surface area contributed by atoms with Gasteiger partial charge in [-0.3, -0.25) is 0 Å². The summed E-state index contributed by atoms with van der Waals surface area (Å²) in [7, 11) is 1.52. The first-order chi connectivity index (χ1) is 7.24. The van der Waals surface area contributed by atoms with Gasteiger partial charge in [0.2, 0.25) is 5.88 Å². The van der Waals surface area contributed by atoms with Crippen molar-refractivity contribution in [2.24, 2.45) is 0 Å². The van der Waals surface area contributed by atoms with Crippen LogP contribution >= 0.6 is 11.6 Å². The van der Waals surface area contributed by atoms with Crippen LogP contribution in [0.25, 0.3) is 10.9 Å². The van der Waals surface area contributed by atoms with E-state index in [0.29, 0.717) is 22.0 Å². The Morgan fingerprint density at radius 3 is 2.87 bits per heavy atom. The Balaban J connectivity index is 2.82. The molecule has 2 aromatic rings. The first-order valence-electron chi connectivity index (χ1n) is 4.29. The van der Waals surface area contributed by atoms with E-state index in [0.717, 1.165) is 5.39 Å². The molecule has 4 heteroatoms. The predicted molar refractivity (Wildman–Crippen MR) is 58.0 cm³/mol. The number of nitrogens with zero attached hydrogens (tertiary/aromatic N) is 2. The Labute approximate surface area is 91.9 Å². The monoisotopic (exact) mass is 218 g/mol. The Morgan fingerprint density at radius 1 is 1.40 bits per heavy atom. The lowest BCUT2D eigenvalue weighted by atomic mass is 10.1. The fourth-order valence-electron chi connectivity index (χ4n) is 1.37. The summed E-state index contributed by atoms with van der Waals surface area (Å²) in [5.74, 6) is 0.432. The van der Waals surface area contributed by atoms with E-state index in [1.807, 2.05) is 0 Å². The van der Waals surface area contributed by atoms with Gasteiger partial charge in [-0.1, -0.05) is 11.6 Å². The van der Waals surface area contributed by atoms with Crippen molar-refractivity contribution in [3.63, 3.8) is 0 Å². The zero-order valence-corrected chi connectivity index (χ0v) is 8.75. The van der Waals surface area contributed by atoms with Crippen LogP contribution in [0.3, 0.4) is 0 Å². The van der Waals surface area contributed by atoms with Crippen molar-refractivity contribution in [3.05, 3.63) is 34.9 Å². The SMILES string of the molecule is COc1cc(C#N)c2cc(Cl)ccc2n1. The second-order valence-electron chi connectivity index (χ2n) is 2.99. The molecule has 0 fully saturated rings. The molecule has 0 bridgehead atoms. The number of benzene rings is 1. The van der Waals surface area contributed by atoms with Crippen LogP contribution in [0, 0.1) is 11.3 Å². The minimum Gasteiger partial charge on any atom is -0.481 e. The van der Waals surface area contributed by atoms with Crippen molar-refractivity contribution in [1.29, 1.82) is 5.26 Å². The molecule has 0 aliphatic rings. The van der Waals surface area contributed by atoms with Gasteiger partial charge in [-0.25, -0.2) is 4.98 Å². The van der Waals surface area contributed by atoms with Crippen molar-refractivity contribution in [3.8, 4) is 11.9 Å². The zero-order valence-electron chi connectivity index (χ0n) is 7.99. The molecule has 15 heavy (non-hydrogen) atoms. The lowest BCUT2D eigenvalue weighted by molar-refractivity contribution is 0.399. The first-order valence-corrected chi connectivity index (χ1v) is 4.67. The van der Waals surface area contributed by atoms with Crippen LogP contribution in [0.15, 0.2) is 24.3 Å². The lowest BCUT2D eigenvalue weighted by Gasteiger charge is -2.03. The molecule has 1 heterocycles. The highest BCUT2D eigenvalue weighted by Gasteiger charge is 2.05. The third-order valence-corrected chi connectivity index (χ3v) is 2.31. The molecule has 0 atom stereocenters. The number of rotatable bonds is 1. The number of hydrogen-bond acceptors (Lipinski definition) is 3. The van der Waals surface area contributed by atoms with Crippen molar-refractivity contribution < 1.29 is 4.74 Å². The van der Waals surface area contributed by atoms with E-state index in [-0.39, 0.29) is 0 Å². The molecule has 0 radical (unpaired) electrons. The van der Waals surface area contributed by atoms with Crippen LogP contribution in [0.1, 0.15) is 5.56 Å². The number of ether oxygens (including phenoxy) is 1. The number of fused-ring (bicyclic) bond motifs is 1. The summed E-state index contributed by atoms with van der Waals surface area (Å²) in [6.07, 6.45) is 0. The fourth-order valence-corrected chi connectivity index (χ4v) is 1.54. The van der Waals surface area contributed by atoms with Gasteiger partial charge in [0.05, 0.1) is 18.2 Å². The highest BCUT2D eigenvalue weighted by atomic mass is 35.5. The number of hydrogen-bond donors (Lipinski definition) is 0. The van der Waals surface area contributed by atoms with E-state index in [1.54, 1.807) is 24.3 Å². The third-order valence-electron chi connectivity index (χ3n) is 2.08. The van der Waals surface area contributed by atoms with Gasteiger partial charge in [0.25, 0.3) is 0 Å². The molecule has 2 rings (SSSR count). The smallest absolute Gasteiger partial charge is 0.214 e. The summed E-state index contributed by atoms with van der Waals surface area (Å²) in [5, 5.41) is 10.3. The Kier molecular flexibility index (Phi) is 2.44. The lowest BCUT2D eigenvalue weighted by Crippen LogP contribution is -1.90. The third kappa shape index (κ3) is 1.72. The van der Waals surface area contributed by atoms with E-state index < -0.39 is 0 Å². The van der Waals surface area contributed by atoms with Gasteiger partial charge in [0, 0.05) is 16.5 Å². The van der Waals surface area contributed by atoms with Crippen LogP contribution in [0.4, 0.5) is 0 Å². The molecule has 74 valence electrons. The average Bonchev–Trinajstić information content (AvgIpc) is 2.27. The van der Waals surface area contributed by atoms with Gasteiger partial charge in [-0.05, 0) is 18.2 Å². The maximum atomic E-state index is 8.97. The summed E-state index contributed by atoms with van der Waals surface area (Å²) in [5.41, 5.74) is 1.22. The summed E-state index contributed by atoms with van der Waals surface area (Å²) in [6, 6.07) is 8.91. The zero-order chi connectivity index (χ0) is 10.8. The Bertz CT molecular complexity index is 560. The molecular formula is C11H7ClN2O. The Morgan fingerprint density at radius 2 is 2.20 bits per heavy atom. The van der Waals surface area contributed by atoms with Crippen molar-refractivity contribution in [2.45, 2.75) is 0 Å².